The summed E-state index contributed by atoms with van der Waals surface area (Å²) in [5.41, 5.74) is 0.787. The Bertz CT molecular complexity index is 1870. The van der Waals surface area contributed by atoms with Gasteiger partial charge in [-0.2, -0.15) is 9.97 Å². The van der Waals surface area contributed by atoms with Crippen LogP contribution in [-0.4, -0.2) is 36.4 Å². The van der Waals surface area contributed by atoms with E-state index in [9.17, 15) is 15.3 Å². The number of aromatic nitrogens is 3. The van der Waals surface area contributed by atoms with Gasteiger partial charge in [-0.25, -0.2) is 4.98 Å². The Hall–Kier alpha value is -4.91. The van der Waals surface area contributed by atoms with Crippen molar-refractivity contribution in [3.05, 3.63) is 78.9 Å². The highest BCUT2D eigenvalue weighted by molar-refractivity contribution is 6.20. The Balaban J connectivity index is 1.52. The molecule has 0 saturated heterocycles. The van der Waals surface area contributed by atoms with E-state index >= 15 is 0 Å². The molecule has 7 nitrogen and oxygen atoms in total. The maximum absolute atomic E-state index is 10.6. The van der Waals surface area contributed by atoms with Crippen molar-refractivity contribution in [3.8, 4) is 46.0 Å². The number of nitrogens with zero attached hydrogens (tertiary/aromatic N) is 3. The van der Waals surface area contributed by atoms with Crippen LogP contribution >= 0.6 is 0 Å². The molecule has 0 radical (unpaired) electrons. The molecule has 3 N–H and O–H groups in total. The highest BCUT2D eigenvalue weighted by Crippen LogP contribution is 2.41. The molecule has 7 rings (SSSR count). The van der Waals surface area contributed by atoms with E-state index in [2.05, 4.69) is 41.4 Å². The van der Waals surface area contributed by atoms with Crippen LogP contribution in [0.1, 0.15) is 25.7 Å². The predicted octanol–water partition coefficient (Wildman–Crippen LogP) is 7.10. The number of aromatic hydroxyl groups is 3. The third kappa shape index (κ3) is 4.03. The van der Waals surface area contributed by atoms with Crippen LogP contribution in [0.5, 0.6) is 23.3 Å². The molecule has 0 bridgehead atoms. The minimum atomic E-state index is -0.342. The van der Waals surface area contributed by atoms with E-state index in [0.29, 0.717) is 5.82 Å². The number of phenols is 3. The molecule has 6 aromatic rings. The number of ether oxygens (including phenoxy) is 1. The molecule has 1 heterocycles. The third-order valence-electron chi connectivity index (χ3n) is 7.50. The van der Waals surface area contributed by atoms with E-state index in [1.165, 1.54) is 0 Å². The van der Waals surface area contributed by atoms with Crippen LogP contribution in [0.3, 0.4) is 0 Å². The van der Waals surface area contributed by atoms with Crippen LogP contribution < -0.4 is 4.74 Å². The fourth-order valence-electron chi connectivity index (χ4n) is 5.67. The molecule has 192 valence electrons. The number of benzene rings is 5. The Kier molecular flexibility index (Phi) is 5.44. The average molecular weight is 516 g/mol. The maximum atomic E-state index is 10.6. The van der Waals surface area contributed by atoms with Crippen molar-refractivity contribution in [2.75, 3.05) is 0 Å². The van der Waals surface area contributed by atoms with Crippen LogP contribution in [0.2, 0.25) is 0 Å². The minimum Gasteiger partial charge on any atom is -0.508 e. The summed E-state index contributed by atoms with van der Waals surface area (Å²) in [4.78, 5) is 14.0. The quantitative estimate of drug-likeness (QED) is 0.215. The Morgan fingerprint density at radius 3 is 2.03 bits per heavy atom. The highest BCUT2D eigenvalue weighted by Gasteiger charge is 2.23. The molecule has 1 aromatic heterocycles. The number of rotatable bonds is 4. The molecular weight excluding hydrogens is 490 g/mol. The van der Waals surface area contributed by atoms with Crippen LogP contribution in [-0.2, 0) is 0 Å². The van der Waals surface area contributed by atoms with Gasteiger partial charge in [-0.1, -0.05) is 60.7 Å². The first-order chi connectivity index (χ1) is 19.0. The first-order valence-corrected chi connectivity index (χ1v) is 13.1. The van der Waals surface area contributed by atoms with Crippen molar-refractivity contribution in [1.82, 2.24) is 15.0 Å². The zero-order valence-electron chi connectivity index (χ0n) is 21.0. The molecule has 5 aromatic carbocycles. The Morgan fingerprint density at radius 2 is 1.26 bits per heavy atom. The number of hydrogen-bond donors (Lipinski definition) is 3. The zero-order chi connectivity index (χ0) is 26.5. The molecular formula is C32H25N3O4. The highest BCUT2D eigenvalue weighted by atomic mass is 16.5. The van der Waals surface area contributed by atoms with Gasteiger partial charge in [0.05, 0.1) is 0 Å². The van der Waals surface area contributed by atoms with Crippen LogP contribution in [0.25, 0.3) is 55.1 Å². The number of hydrogen-bond acceptors (Lipinski definition) is 7. The molecule has 0 aliphatic heterocycles. The lowest BCUT2D eigenvalue weighted by atomic mass is 9.93. The standard InChI is InChI=1S/C32H25N3O4/c36-19-15-27(37)29(28(38)16-19)31-33-30(34-32(35-31)39-20-8-2-3-9-20)26-17-25-21-10-4-1-7-18(21)13-14-24(25)22-11-5-6-12-23(22)26/h1,4-7,10-17,20,36-38H,2-3,8-9H2. The van der Waals surface area contributed by atoms with Gasteiger partial charge < -0.3 is 20.1 Å². The normalized spacial score (nSPS) is 13.9. The average Bonchev–Trinajstić information content (AvgIpc) is 3.45. The van der Waals surface area contributed by atoms with Gasteiger partial charge in [0, 0.05) is 17.7 Å². The molecule has 0 atom stereocenters. The summed E-state index contributed by atoms with van der Waals surface area (Å²) in [6, 6.07) is 25.2. The van der Waals surface area contributed by atoms with Crippen molar-refractivity contribution in [3.63, 3.8) is 0 Å². The van der Waals surface area contributed by atoms with E-state index in [4.69, 9.17) is 14.7 Å². The van der Waals surface area contributed by atoms with Crippen molar-refractivity contribution in [2.24, 2.45) is 0 Å². The molecule has 0 amide bonds. The second kappa shape index (κ2) is 9.13. The molecule has 1 fully saturated rings. The SMILES string of the molecule is Oc1cc(O)c(-c2nc(OC3CCCC3)nc(-c3cc4c5ccccc5ccc4c4ccccc34)n2)c(O)c1. The van der Waals surface area contributed by atoms with Crippen LogP contribution in [0.4, 0.5) is 0 Å². The first-order valence-electron chi connectivity index (χ1n) is 13.1. The molecule has 0 unspecified atom stereocenters. The van der Waals surface area contributed by atoms with Crippen molar-refractivity contribution < 1.29 is 20.1 Å². The summed E-state index contributed by atoms with van der Waals surface area (Å²) < 4.78 is 6.20. The monoisotopic (exact) mass is 515 g/mol. The van der Waals surface area contributed by atoms with Gasteiger partial charge in [-0.15, -0.1) is 0 Å². The Labute approximate surface area is 224 Å². The molecule has 1 aliphatic carbocycles. The van der Waals surface area contributed by atoms with E-state index in [1.54, 1.807) is 0 Å². The summed E-state index contributed by atoms with van der Waals surface area (Å²) in [6.45, 7) is 0. The van der Waals surface area contributed by atoms with E-state index < -0.39 is 0 Å². The molecule has 0 spiro atoms. The van der Waals surface area contributed by atoms with E-state index in [1.807, 2.05) is 30.3 Å². The topological polar surface area (TPSA) is 109 Å². The molecule has 1 aliphatic rings. The van der Waals surface area contributed by atoms with Gasteiger partial charge in [0.15, 0.2) is 11.6 Å². The van der Waals surface area contributed by atoms with Gasteiger partial charge in [0.2, 0.25) is 0 Å². The van der Waals surface area contributed by atoms with Gasteiger partial charge in [-0.3, -0.25) is 0 Å². The van der Waals surface area contributed by atoms with Crippen molar-refractivity contribution in [1.29, 1.82) is 0 Å². The lowest BCUT2D eigenvalue weighted by Crippen LogP contribution is -2.14. The number of phenolic OH excluding ortho intramolecular Hbond substituents is 3. The van der Waals surface area contributed by atoms with Gasteiger partial charge in [0.1, 0.15) is 28.9 Å². The van der Waals surface area contributed by atoms with E-state index in [-0.39, 0.29) is 40.8 Å². The summed E-state index contributed by atoms with van der Waals surface area (Å²) in [5, 5.41) is 37.6. The second-order valence-corrected chi connectivity index (χ2v) is 10.0. The zero-order valence-corrected chi connectivity index (χ0v) is 21.0. The summed E-state index contributed by atoms with van der Waals surface area (Å²) in [7, 11) is 0. The smallest absolute Gasteiger partial charge is 0.320 e. The lowest BCUT2D eigenvalue weighted by molar-refractivity contribution is 0.192. The first kappa shape index (κ1) is 23.2. The lowest BCUT2D eigenvalue weighted by Gasteiger charge is -2.16. The van der Waals surface area contributed by atoms with Crippen molar-refractivity contribution in [2.45, 2.75) is 31.8 Å². The van der Waals surface area contributed by atoms with Gasteiger partial charge in [0.25, 0.3) is 0 Å². The fourth-order valence-corrected chi connectivity index (χ4v) is 5.67. The van der Waals surface area contributed by atoms with Gasteiger partial charge >= 0.3 is 6.01 Å². The Morgan fingerprint density at radius 1 is 0.615 bits per heavy atom. The van der Waals surface area contributed by atoms with Gasteiger partial charge in [-0.05, 0) is 64.1 Å². The van der Waals surface area contributed by atoms with Crippen LogP contribution in [0.15, 0.2) is 78.9 Å². The van der Waals surface area contributed by atoms with Crippen LogP contribution in [0, 0.1) is 0 Å². The fraction of sp³-hybridized carbons (Fsp3) is 0.156. The molecule has 1 saturated carbocycles. The second-order valence-electron chi connectivity index (χ2n) is 10.0. The van der Waals surface area contributed by atoms with E-state index in [0.717, 1.165) is 75.7 Å². The largest absolute Gasteiger partial charge is 0.508 e. The molecule has 7 heteroatoms. The maximum Gasteiger partial charge on any atom is 0.320 e. The summed E-state index contributed by atoms with van der Waals surface area (Å²) >= 11 is 0. The third-order valence-corrected chi connectivity index (χ3v) is 7.50. The molecule has 39 heavy (non-hydrogen) atoms. The summed E-state index contributed by atoms with van der Waals surface area (Å²) in [6.07, 6.45) is 3.98. The minimum absolute atomic E-state index is 0.00302. The number of fused-ring (bicyclic) bond motifs is 5. The summed E-state index contributed by atoms with van der Waals surface area (Å²) in [5.74, 6) is -0.523. The van der Waals surface area contributed by atoms with Crippen molar-refractivity contribution >= 4 is 32.3 Å². The predicted molar refractivity (Wildman–Crippen MR) is 151 cm³/mol.